The highest BCUT2D eigenvalue weighted by molar-refractivity contribution is 6.24. The van der Waals surface area contributed by atoms with Crippen molar-refractivity contribution in [3.63, 3.8) is 0 Å². The van der Waals surface area contributed by atoms with Crippen LogP contribution in [0.5, 0.6) is 0 Å². The van der Waals surface area contributed by atoms with Crippen LogP contribution in [-0.4, -0.2) is 46.5 Å². The Bertz CT molecular complexity index is 1280. The van der Waals surface area contributed by atoms with Crippen molar-refractivity contribution in [1.82, 2.24) is 4.90 Å². The number of hydrogen-bond donors (Lipinski definition) is 0. The number of amides is 2. The van der Waals surface area contributed by atoms with E-state index in [4.69, 9.17) is 4.74 Å². The second-order valence-electron chi connectivity index (χ2n) is 7.18. The second kappa shape index (κ2) is 8.83. The van der Waals surface area contributed by atoms with Crippen molar-refractivity contribution >= 4 is 29.3 Å². The van der Waals surface area contributed by atoms with Gasteiger partial charge in [0.05, 0.1) is 10.5 Å². The number of fused-ring (bicyclic) bond motifs is 1. The van der Waals surface area contributed by atoms with E-state index in [0.717, 1.165) is 17.2 Å². The molecule has 1 aliphatic heterocycles. The normalized spacial score (nSPS) is 12.4. The monoisotopic (exact) mass is 444 g/mol. The molecule has 33 heavy (non-hydrogen) atoms. The van der Waals surface area contributed by atoms with E-state index in [0.29, 0.717) is 10.5 Å². The van der Waals surface area contributed by atoms with Gasteiger partial charge in [0.15, 0.2) is 12.4 Å². The van der Waals surface area contributed by atoms with Crippen molar-refractivity contribution in [2.24, 2.45) is 0 Å². The van der Waals surface area contributed by atoms with Gasteiger partial charge in [-0.2, -0.15) is 0 Å². The maximum atomic E-state index is 12.5. The van der Waals surface area contributed by atoms with Gasteiger partial charge in [-0.05, 0) is 17.2 Å². The van der Waals surface area contributed by atoms with Crippen molar-refractivity contribution in [2.45, 2.75) is 0 Å². The highest BCUT2D eigenvalue weighted by atomic mass is 16.6. The van der Waals surface area contributed by atoms with Gasteiger partial charge in [0, 0.05) is 11.6 Å². The number of nitrogens with zero attached hydrogens (tertiary/aromatic N) is 2. The molecule has 3 aromatic rings. The number of ether oxygens (including phenoxy) is 1. The van der Waals surface area contributed by atoms with Crippen LogP contribution in [0.25, 0.3) is 11.1 Å². The summed E-state index contributed by atoms with van der Waals surface area (Å²) in [5.41, 5.74) is 1.20. The Labute approximate surface area is 187 Å². The van der Waals surface area contributed by atoms with E-state index in [-0.39, 0.29) is 11.1 Å². The van der Waals surface area contributed by atoms with Crippen molar-refractivity contribution in [3.8, 4) is 11.1 Å². The molecule has 0 spiro atoms. The van der Waals surface area contributed by atoms with Crippen LogP contribution in [0, 0.1) is 10.1 Å². The summed E-state index contributed by atoms with van der Waals surface area (Å²) in [4.78, 5) is 60.4. The summed E-state index contributed by atoms with van der Waals surface area (Å²) < 4.78 is 4.94. The molecule has 0 saturated carbocycles. The summed E-state index contributed by atoms with van der Waals surface area (Å²) in [6.07, 6.45) is 0. The first-order valence-electron chi connectivity index (χ1n) is 9.84. The van der Waals surface area contributed by atoms with Gasteiger partial charge in [-0.15, -0.1) is 0 Å². The minimum Gasteiger partial charge on any atom is -0.456 e. The van der Waals surface area contributed by atoms with E-state index >= 15 is 0 Å². The molecule has 0 bridgehead atoms. The van der Waals surface area contributed by atoms with E-state index in [1.54, 1.807) is 24.3 Å². The predicted molar refractivity (Wildman–Crippen MR) is 116 cm³/mol. The smallest absolute Gasteiger partial charge is 0.326 e. The van der Waals surface area contributed by atoms with Gasteiger partial charge in [-0.3, -0.25) is 34.2 Å². The number of rotatable bonds is 7. The van der Waals surface area contributed by atoms with E-state index in [9.17, 15) is 29.3 Å². The summed E-state index contributed by atoms with van der Waals surface area (Å²) >= 11 is 0. The number of carbonyl (C=O) groups excluding carboxylic acids is 4. The molecule has 2 amide bonds. The Morgan fingerprint density at radius 3 is 2.18 bits per heavy atom. The molecule has 0 radical (unpaired) electrons. The fraction of sp³-hybridized carbons (Fsp3) is 0.0833. The number of nitro benzene ring substituents is 1. The zero-order chi connectivity index (χ0) is 23.5. The lowest BCUT2D eigenvalue weighted by molar-refractivity contribution is -0.385. The first-order valence-corrected chi connectivity index (χ1v) is 9.84. The Balaban J connectivity index is 1.37. The molecular formula is C24H16N2O7. The van der Waals surface area contributed by atoms with Gasteiger partial charge in [0.2, 0.25) is 0 Å². The summed E-state index contributed by atoms with van der Waals surface area (Å²) in [5.74, 6) is -3.23. The SMILES string of the molecule is O=C(CN1C(=O)c2cccc([N+](=O)[O-])c2C1=O)OCC(=O)c1ccc(-c2ccccc2)cc1. The third kappa shape index (κ3) is 4.24. The van der Waals surface area contributed by atoms with Crippen LogP contribution in [-0.2, 0) is 9.53 Å². The van der Waals surface area contributed by atoms with Crippen LogP contribution < -0.4 is 0 Å². The molecule has 0 saturated heterocycles. The number of imide groups is 1. The van der Waals surface area contributed by atoms with Crippen LogP contribution in [0.1, 0.15) is 31.1 Å². The van der Waals surface area contributed by atoms with Crippen molar-refractivity contribution in [1.29, 1.82) is 0 Å². The maximum Gasteiger partial charge on any atom is 0.326 e. The molecule has 0 aromatic heterocycles. The molecule has 1 aliphatic rings. The van der Waals surface area contributed by atoms with Crippen LogP contribution in [0.15, 0.2) is 72.8 Å². The molecule has 0 aliphatic carbocycles. The number of esters is 1. The van der Waals surface area contributed by atoms with Crippen LogP contribution in [0.4, 0.5) is 5.69 Å². The molecule has 0 atom stereocenters. The van der Waals surface area contributed by atoms with Gasteiger partial charge in [-0.25, -0.2) is 0 Å². The number of nitro groups is 1. The molecule has 0 N–H and O–H groups in total. The van der Waals surface area contributed by atoms with Gasteiger partial charge in [-0.1, -0.05) is 60.7 Å². The molecule has 1 heterocycles. The quantitative estimate of drug-likeness (QED) is 0.180. The number of hydrogen-bond acceptors (Lipinski definition) is 7. The lowest BCUT2D eigenvalue weighted by atomic mass is 10.0. The Morgan fingerprint density at radius 2 is 1.52 bits per heavy atom. The Morgan fingerprint density at radius 1 is 0.848 bits per heavy atom. The van der Waals surface area contributed by atoms with Gasteiger partial charge in [0.1, 0.15) is 12.1 Å². The third-order valence-electron chi connectivity index (χ3n) is 5.14. The standard InChI is InChI=1S/C24H16N2O7/c27-20(17-11-9-16(10-12-17)15-5-2-1-3-6-15)14-33-21(28)13-25-23(29)18-7-4-8-19(26(31)32)22(18)24(25)30/h1-12H,13-14H2. The van der Waals surface area contributed by atoms with Crippen molar-refractivity contribution in [3.05, 3.63) is 99.6 Å². The number of Topliss-reactive ketones (excluding diaryl/α,β-unsaturated/α-hetero) is 1. The van der Waals surface area contributed by atoms with E-state index in [1.165, 1.54) is 12.1 Å². The number of carbonyl (C=O) groups is 4. The molecule has 4 rings (SSSR count). The number of benzene rings is 3. The third-order valence-corrected chi connectivity index (χ3v) is 5.14. The Kier molecular flexibility index (Phi) is 5.77. The zero-order valence-electron chi connectivity index (χ0n) is 17.1. The van der Waals surface area contributed by atoms with Crippen LogP contribution >= 0.6 is 0 Å². The lowest BCUT2D eigenvalue weighted by Gasteiger charge is -2.12. The van der Waals surface area contributed by atoms with Gasteiger partial charge >= 0.3 is 5.97 Å². The molecule has 9 heteroatoms. The molecule has 0 unspecified atom stereocenters. The first-order chi connectivity index (χ1) is 15.9. The lowest BCUT2D eigenvalue weighted by Crippen LogP contribution is -2.36. The molecule has 164 valence electrons. The van der Waals surface area contributed by atoms with Gasteiger partial charge < -0.3 is 4.74 Å². The fourth-order valence-corrected chi connectivity index (χ4v) is 3.49. The fourth-order valence-electron chi connectivity index (χ4n) is 3.49. The maximum absolute atomic E-state index is 12.5. The van der Waals surface area contributed by atoms with Crippen LogP contribution in [0.2, 0.25) is 0 Å². The largest absolute Gasteiger partial charge is 0.456 e. The topological polar surface area (TPSA) is 124 Å². The van der Waals surface area contributed by atoms with Crippen molar-refractivity contribution < 1.29 is 28.8 Å². The van der Waals surface area contributed by atoms with E-state index < -0.39 is 47.3 Å². The predicted octanol–water partition coefficient (Wildman–Crippen LogP) is 3.28. The van der Waals surface area contributed by atoms with Gasteiger partial charge in [0.25, 0.3) is 17.5 Å². The van der Waals surface area contributed by atoms with Crippen LogP contribution in [0.3, 0.4) is 0 Å². The zero-order valence-corrected chi connectivity index (χ0v) is 17.1. The summed E-state index contributed by atoms with van der Waals surface area (Å²) in [5, 5.41) is 11.1. The highest BCUT2D eigenvalue weighted by Gasteiger charge is 2.41. The summed E-state index contributed by atoms with van der Waals surface area (Å²) in [6.45, 7) is -1.34. The second-order valence-corrected chi connectivity index (χ2v) is 7.18. The molecular weight excluding hydrogens is 428 g/mol. The molecule has 3 aromatic carbocycles. The summed E-state index contributed by atoms with van der Waals surface area (Å²) in [6, 6.07) is 20.0. The highest BCUT2D eigenvalue weighted by Crippen LogP contribution is 2.30. The molecule has 0 fully saturated rings. The average molecular weight is 444 g/mol. The van der Waals surface area contributed by atoms with E-state index in [2.05, 4.69) is 0 Å². The average Bonchev–Trinajstić information content (AvgIpc) is 3.08. The minimum absolute atomic E-state index is 0.156. The van der Waals surface area contributed by atoms with E-state index in [1.807, 2.05) is 30.3 Å². The first kappa shape index (κ1) is 21.6. The number of ketones is 1. The van der Waals surface area contributed by atoms with Crippen molar-refractivity contribution in [2.75, 3.05) is 13.2 Å². The molecule has 9 nitrogen and oxygen atoms in total. The summed E-state index contributed by atoms with van der Waals surface area (Å²) in [7, 11) is 0. The Hall–Kier alpha value is -4.66. The minimum atomic E-state index is -0.985.